The van der Waals surface area contributed by atoms with E-state index < -0.39 is 45.0 Å². The summed E-state index contributed by atoms with van der Waals surface area (Å²) in [4.78, 5) is 36.2. The van der Waals surface area contributed by atoms with Crippen molar-refractivity contribution in [3.63, 3.8) is 0 Å². The molecule has 0 unspecified atom stereocenters. The molecule has 2 spiro atoms. The topological polar surface area (TPSA) is 178 Å². The first-order valence-electron chi connectivity index (χ1n) is 49.8. The maximum atomic E-state index is 11.7. The molecule has 0 atom stereocenters. The molecule has 3 N–H and O–H groups in total. The van der Waals surface area contributed by atoms with E-state index in [1.807, 2.05) is 45.0 Å². The predicted octanol–water partition coefficient (Wildman–Crippen LogP) is 16.8. The normalized spacial score (nSPS) is 12.7. The number of likely N-dealkylation sites (tertiary alicyclic amines) is 2. The van der Waals surface area contributed by atoms with E-state index in [2.05, 4.69) is 445 Å². The number of esters is 2. The number of carbonyl (C=O) groups excluding carboxylic acids is 2. The minimum Gasteiger partial charge on any atom is -0.565 e. The number of hydrogen-bond acceptors (Lipinski definition) is 12. The molecule has 13 nitrogen and oxygen atoms in total. The smallest absolute Gasteiger partial charge is 0.565 e. The van der Waals surface area contributed by atoms with Crippen LogP contribution in [0.1, 0.15) is 92.3 Å². The number of rotatable bonds is 30. The molecule has 2 heterocycles. The third-order valence-corrected chi connectivity index (χ3v) is 35.9. The molecule has 16 aromatic carbocycles. The van der Waals surface area contributed by atoms with Gasteiger partial charge in [0.15, 0.2) is 0 Å². The van der Waals surface area contributed by atoms with Crippen molar-refractivity contribution in [1.29, 1.82) is 0 Å². The van der Waals surface area contributed by atoms with E-state index in [0.717, 1.165) is 103 Å². The molecule has 0 radical (unpaired) electrons. The molecule has 4 aliphatic rings. The molecule has 0 aromatic heterocycles. The Hall–Kier alpha value is -9.32. The molecule has 0 saturated carbocycles. The van der Waals surface area contributed by atoms with Gasteiger partial charge in [-0.05, 0) is 224 Å². The molecular formula is C125H127BBrCl2N2Na2O11P4Pd+. The molecule has 2 aliphatic heterocycles. The van der Waals surface area contributed by atoms with Crippen LogP contribution >= 0.6 is 70.8 Å². The van der Waals surface area contributed by atoms with Gasteiger partial charge in [-0.25, -0.2) is 0 Å². The largest absolute Gasteiger partial charge is 1.00 e. The summed E-state index contributed by atoms with van der Waals surface area (Å²) in [7, 11) is -2.88. The average Bonchev–Trinajstić information content (AvgIpc) is 1.60. The van der Waals surface area contributed by atoms with Crippen LogP contribution in [-0.2, 0) is 84.8 Å². The van der Waals surface area contributed by atoms with Crippen LogP contribution < -0.4 is 137 Å². The standard InChI is InChI=1S/C26H32ClNO3.C22H23BrClNO3.4C18H15P.C4H11BO2.CH2O3.2Na.Pd/c1-3-5-6-19-7-8-21(24(27)11-19)16-31-23-10-9-20-13-26(14-22(20)12-23)17-28(18-26)15-25(29)30-4-2;1-2-27-21(26)11-25-13-22(14-25)9-15-4-6-19(7-17(15)10-22)28-12-16-3-5-18(23)8-20(16)24;4*1-4-10-16(11-5-1)19(17-12-6-2-7-13-17)18-14-8-3-9-15-18;1-2-3-4-5(6)7;2-1(3)4;;;/h7-12H,3-6,13-18H2,1-2H3;3-8H,2,9-14H2,1H3;4*1-15H;6-7H,2-4H2,1H3;(H2,2,3,4);;;/q;;;;;;;;2*+1;/p-1. The number of hydrogen-bond donors (Lipinski definition) is 3. The molecule has 0 amide bonds. The number of halogens is 3. The molecule has 149 heavy (non-hydrogen) atoms. The minimum absolute atomic E-state index is 0. The second-order valence-corrected chi connectivity index (χ2v) is 46.7. The third-order valence-electron chi connectivity index (χ3n) is 24.9. The Balaban J connectivity index is 0.000000180. The SMILES string of the molecule is CCCCB(O)O.CCCCc1ccc(COc2ccc3c(c2)CC2(C3)CN(CC(=O)OCC)C2)c(Cl)c1.CCOC(=O)CN1CC2(Cc3ccc(OCc4ccc(Br)cc4Cl)cc3C2)C1.O=C([O-])O.[Na+].[Na+].[Pd].c1ccc(P(c2ccccc2)c2ccccc2)cc1.c1ccc(P(c2ccccc2)c2ccccc2)cc1.c1ccc(P(c2ccccc2)c2ccccc2)cc1.c1ccc(P(c2ccccc2)c2ccccc2)cc1. The van der Waals surface area contributed by atoms with Crippen LogP contribution in [0.3, 0.4) is 0 Å². The maximum Gasteiger partial charge on any atom is 1.00 e. The zero-order chi connectivity index (χ0) is 103. The molecular weight excluding hydrogens is 2140 g/mol. The number of carboxylic acid groups (broad SMARTS) is 2. The summed E-state index contributed by atoms with van der Waals surface area (Å²) < 4.78 is 23.1. The number of carbonyl (C=O) groups is 3. The average molecular weight is 2270 g/mol. The van der Waals surface area contributed by atoms with Gasteiger partial charge in [0.2, 0.25) is 6.16 Å². The van der Waals surface area contributed by atoms with Gasteiger partial charge in [0, 0.05) is 83.1 Å². The quantitative estimate of drug-likeness (QED) is 0.0220. The Bertz CT molecular complexity index is 5750. The van der Waals surface area contributed by atoms with Gasteiger partial charge >= 0.3 is 78.2 Å². The Kier molecular flexibility index (Phi) is 53.2. The van der Waals surface area contributed by atoms with E-state index in [1.54, 1.807) is 0 Å². The Morgan fingerprint density at radius 2 is 0.591 bits per heavy atom. The molecule has 758 valence electrons. The third kappa shape index (κ3) is 38.7. The van der Waals surface area contributed by atoms with Crippen LogP contribution in [0.4, 0.5) is 4.79 Å². The van der Waals surface area contributed by atoms with Gasteiger partial charge in [-0.15, -0.1) is 0 Å². The van der Waals surface area contributed by atoms with Gasteiger partial charge in [-0.2, -0.15) is 0 Å². The maximum absolute atomic E-state index is 11.7. The van der Waals surface area contributed by atoms with Crippen molar-refractivity contribution in [1.82, 2.24) is 9.80 Å². The van der Waals surface area contributed by atoms with E-state index in [0.29, 0.717) is 50.9 Å². The van der Waals surface area contributed by atoms with Crippen molar-refractivity contribution in [2.75, 3.05) is 52.5 Å². The fourth-order valence-corrected chi connectivity index (χ4v) is 28.6. The van der Waals surface area contributed by atoms with Crippen LogP contribution in [0, 0.1) is 10.8 Å². The predicted molar refractivity (Wildman–Crippen MR) is 615 cm³/mol. The Morgan fingerprint density at radius 3 is 0.812 bits per heavy atom. The van der Waals surface area contributed by atoms with Crippen molar-refractivity contribution >= 4 is 160 Å². The summed E-state index contributed by atoms with van der Waals surface area (Å²) in [6.45, 7) is 14.3. The molecule has 2 fully saturated rings. The Morgan fingerprint density at radius 1 is 0.349 bits per heavy atom. The van der Waals surface area contributed by atoms with E-state index in [-0.39, 0.29) is 102 Å². The molecule has 16 aromatic rings. The number of unbranched alkanes of at least 4 members (excludes halogenated alkanes) is 2. The summed E-state index contributed by atoms with van der Waals surface area (Å²) in [6, 6.07) is 154. The van der Waals surface area contributed by atoms with Gasteiger partial charge in [-0.3, -0.25) is 19.4 Å². The van der Waals surface area contributed by atoms with E-state index in [4.69, 9.17) is 67.2 Å². The van der Waals surface area contributed by atoms with Crippen molar-refractivity contribution in [3.8, 4) is 11.5 Å². The zero-order valence-corrected chi connectivity index (χ0v) is 97.8. The van der Waals surface area contributed by atoms with E-state index in [9.17, 15) is 9.59 Å². The number of fused-ring (bicyclic) bond motifs is 2. The number of aryl methyl sites for hydroxylation is 1. The summed E-state index contributed by atoms with van der Waals surface area (Å²) in [5, 5.41) is 50.0. The van der Waals surface area contributed by atoms with Crippen molar-refractivity contribution in [2.24, 2.45) is 10.8 Å². The number of nitrogens with zero attached hydrogens (tertiary/aromatic N) is 2. The fraction of sp³-hybridized carbons (Fsp3) is 0.208. The van der Waals surface area contributed by atoms with Crippen LogP contribution in [0.5, 0.6) is 11.5 Å². The van der Waals surface area contributed by atoms with Gasteiger partial charge in [-0.1, -0.05) is 467 Å². The number of benzene rings is 16. The van der Waals surface area contributed by atoms with E-state index in [1.165, 1.54) is 104 Å². The molecule has 20 rings (SSSR count). The molecule has 24 heteroatoms. The van der Waals surface area contributed by atoms with Crippen LogP contribution in [0.15, 0.2) is 441 Å². The second-order valence-electron chi connectivity index (χ2n) is 36.1. The molecule has 2 saturated heterocycles. The fourth-order valence-electron chi connectivity index (χ4n) is 18.4. The van der Waals surface area contributed by atoms with Crippen molar-refractivity contribution in [3.05, 3.63) is 490 Å². The Labute approximate surface area is 962 Å². The van der Waals surface area contributed by atoms with Crippen molar-refractivity contribution in [2.45, 2.75) is 105 Å². The zero-order valence-electron chi connectivity index (χ0n) is 85.5. The van der Waals surface area contributed by atoms with Crippen molar-refractivity contribution < 1.29 is 133 Å². The first kappa shape index (κ1) is 122. The second kappa shape index (κ2) is 65.3. The van der Waals surface area contributed by atoms with Gasteiger partial charge < -0.3 is 44.0 Å². The van der Waals surface area contributed by atoms with Crippen LogP contribution in [-0.4, -0.2) is 103 Å². The molecule has 0 bridgehead atoms. The minimum atomic E-state index is -2.08. The summed E-state index contributed by atoms with van der Waals surface area (Å²) in [6.07, 6.45) is 8.03. The summed E-state index contributed by atoms with van der Waals surface area (Å²) in [5.41, 5.74) is 9.34. The molecule has 2 aliphatic carbocycles. The van der Waals surface area contributed by atoms with Gasteiger partial charge in [0.05, 0.1) is 26.3 Å². The number of ether oxygens (including phenoxy) is 4. The van der Waals surface area contributed by atoms with Crippen LogP contribution in [0.25, 0.3) is 0 Å². The van der Waals surface area contributed by atoms with E-state index >= 15 is 0 Å². The first-order chi connectivity index (χ1) is 71.3. The summed E-state index contributed by atoms with van der Waals surface area (Å²) >= 11 is 16.2. The first-order valence-corrected chi connectivity index (χ1v) is 56.7. The summed E-state index contributed by atoms with van der Waals surface area (Å²) in [5.74, 6) is 1.51. The monoisotopic (exact) mass is 2270 g/mol. The van der Waals surface area contributed by atoms with Gasteiger partial charge in [0.25, 0.3) is 0 Å². The van der Waals surface area contributed by atoms with Gasteiger partial charge in [0.1, 0.15) is 24.7 Å². The van der Waals surface area contributed by atoms with Crippen LogP contribution in [0.2, 0.25) is 16.4 Å².